The van der Waals surface area contributed by atoms with E-state index >= 15 is 0 Å². The smallest absolute Gasteiger partial charge is 0.310 e. The fourth-order valence-corrected chi connectivity index (χ4v) is 1.26. The van der Waals surface area contributed by atoms with Crippen LogP contribution in [0.15, 0.2) is 12.1 Å². The first-order valence-corrected chi connectivity index (χ1v) is 4.59. The van der Waals surface area contributed by atoms with Crippen molar-refractivity contribution in [1.82, 2.24) is 0 Å². The Morgan fingerprint density at radius 1 is 1.19 bits per heavy atom. The molecule has 0 fully saturated rings. The highest BCUT2D eigenvalue weighted by Gasteiger charge is 2.13. The highest BCUT2D eigenvalue weighted by atomic mass is 19.1. The Labute approximate surface area is 92.9 Å². The van der Waals surface area contributed by atoms with Gasteiger partial charge in [-0.05, 0) is 6.07 Å². The van der Waals surface area contributed by atoms with Crippen LogP contribution in [0, 0.1) is 5.82 Å². The van der Waals surface area contributed by atoms with Gasteiger partial charge in [0.2, 0.25) is 0 Å². The minimum atomic E-state index is -0.525. The number of benzene rings is 1. The molecule has 4 nitrogen and oxygen atoms in total. The lowest BCUT2D eigenvalue weighted by Gasteiger charge is -2.10. The minimum Gasteiger partial charge on any atom is -0.493 e. The molecule has 0 aliphatic heterocycles. The quantitative estimate of drug-likeness (QED) is 0.733. The van der Waals surface area contributed by atoms with Gasteiger partial charge in [0, 0.05) is 11.6 Å². The lowest BCUT2D eigenvalue weighted by atomic mass is 10.1. The molecule has 0 aliphatic rings. The fourth-order valence-electron chi connectivity index (χ4n) is 1.26. The molecule has 0 saturated heterocycles. The van der Waals surface area contributed by atoms with Crippen LogP contribution in [-0.4, -0.2) is 27.3 Å². The largest absolute Gasteiger partial charge is 0.493 e. The van der Waals surface area contributed by atoms with E-state index in [0.29, 0.717) is 5.75 Å². The molecule has 16 heavy (non-hydrogen) atoms. The zero-order chi connectivity index (χ0) is 12.1. The van der Waals surface area contributed by atoms with Crippen molar-refractivity contribution in [3.8, 4) is 11.5 Å². The van der Waals surface area contributed by atoms with Crippen molar-refractivity contribution in [2.24, 2.45) is 0 Å². The van der Waals surface area contributed by atoms with Gasteiger partial charge < -0.3 is 14.2 Å². The molecule has 0 atom stereocenters. The molecule has 0 amide bonds. The molecule has 0 N–H and O–H groups in total. The number of carbonyl (C=O) groups excluding carboxylic acids is 1. The van der Waals surface area contributed by atoms with Crippen molar-refractivity contribution in [1.29, 1.82) is 0 Å². The monoisotopic (exact) mass is 228 g/mol. The molecule has 5 heteroatoms. The Hall–Kier alpha value is -1.78. The maximum atomic E-state index is 13.5. The van der Waals surface area contributed by atoms with Gasteiger partial charge >= 0.3 is 5.97 Å². The third-order valence-corrected chi connectivity index (χ3v) is 2.12. The molecule has 1 aromatic rings. The fraction of sp³-hybridized carbons (Fsp3) is 0.364. The molecule has 1 aromatic carbocycles. The Kier molecular flexibility index (Phi) is 4.10. The average Bonchev–Trinajstić information content (AvgIpc) is 2.30. The summed E-state index contributed by atoms with van der Waals surface area (Å²) in [4.78, 5) is 11.0. The van der Waals surface area contributed by atoms with Gasteiger partial charge in [0.1, 0.15) is 5.82 Å². The van der Waals surface area contributed by atoms with Crippen LogP contribution in [0.5, 0.6) is 11.5 Å². The van der Waals surface area contributed by atoms with Crippen molar-refractivity contribution in [3.05, 3.63) is 23.5 Å². The number of rotatable bonds is 4. The van der Waals surface area contributed by atoms with Gasteiger partial charge in [0.05, 0.1) is 27.8 Å². The first-order valence-electron chi connectivity index (χ1n) is 4.59. The van der Waals surface area contributed by atoms with Gasteiger partial charge in [-0.3, -0.25) is 4.79 Å². The predicted octanol–water partition coefficient (Wildman–Crippen LogP) is 1.56. The Morgan fingerprint density at radius 2 is 1.75 bits per heavy atom. The van der Waals surface area contributed by atoms with Gasteiger partial charge in [-0.1, -0.05) is 0 Å². The normalized spacial score (nSPS) is 9.75. The minimum absolute atomic E-state index is 0.136. The highest BCUT2D eigenvalue weighted by molar-refractivity contribution is 5.72. The highest BCUT2D eigenvalue weighted by Crippen LogP contribution is 2.30. The molecule has 0 heterocycles. The van der Waals surface area contributed by atoms with Crippen molar-refractivity contribution in [3.63, 3.8) is 0 Å². The second-order valence-electron chi connectivity index (χ2n) is 3.05. The van der Waals surface area contributed by atoms with Crippen LogP contribution in [0.4, 0.5) is 4.39 Å². The van der Waals surface area contributed by atoms with E-state index in [9.17, 15) is 9.18 Å². The zero-order valence-electron chi connectivity index (χ0n) is 9.37. The number of carbonyl (C=O) groups is 1. The number of methoxy groups -OCH3 is 3. The standard InChI is InChI=1S/C11H13FO4/c1-14-9-4-7(5-11(13)16-3)8(12)6-10(9)15-2/h4,6H,5H2,1-3H3. The van der Waals surface area contributed by atoms with Gasteiger partial charge in [-0.15, -0.1) is 0 Å². The van der Waals surface area contributed by atoms with Crippen LogP contribution in [-0.2, 0) is 16.0 Å². The van der Waals surface area contributed by atoms with E-state index in [4.69, 9.17) is 9.47 Å². The van der Waals surface area contributed by atoms with Crippen molar-refractivity contribution in [2.75, 3.05) is 21.3 Å². The van der Waals surface area contributed by atoms with Crippen LogP contribution >= 0.6 is 0 Å². The molecular weight excluding hydrogens is 215 g/mol. The summed E-state index contributed by atoms with van der Waals surface area (Å²) in [5.41, 5.74) is 0.213. The van der Waals surface area contributed by atoms with E-state index < -0.39 is 11.8 Å². The van der Waals surface area contributed by atoms with Crippen LogP contribution in [0.25, 0.3) is 0 Å². The summed E-state index contributed by atoms with van der Waals surface area (Å²) in [7, 11) is 4.11. The molecule has 88 valence electrons. The van der Waals surface area contributed by atoms with Crippen molar-refractivity contribution < 1.29 is 23.4 Å². The molecular formula is C11H13FO4. The molecule has 0 bridgehead atoms. The first-order chi connectivity index (χ1) is 7.62. The molecule has 0 aromatic heterocycles. The van der Waals surface area contributed by atoms with E-state index in [1.54, 1.807) is 0 Å². The first kappa shape index (κ1) is 12.3. The third kappa shape index (κ3) is 2.62. The number of ether oxygens (including phenoxy) is 3. The summed E-state index contributed by atoms with van der Waals surface area (Å²) in [6.07, 6.45) is -0.136. The van der Waals surface area contributed by atoms with Gasteiger partial charge in [0.15, 0.2) is 11.5 Å². The van der Waals surface area contributed by atoms with Crippen LogP contribution in [0.1, 0.15) is 5.56 Å². The molecule has 0 spiro atoms. The lowest BCUT2D eigenvalue weighted by molar-refractivity contribution is -0.139. The topological polar surface area (TPSA) is 44.8 Å². The third-order valence-electron chi connectivity index (χ3n) is 2.12. The molecule has 0 radical (unpaired) electrons. The van der Waals surface area contributed by atoms with Crippen LogP contribution in [0.3, 0.4) is 0 Å². The van der Waals surface area contributed by atoms with Gasteiger partial charge in [0.25, 0.3) is 0 Å². The Morgan fingerprint density at radius 3 is 2.25 bits per heavy atom. The second kappa shape index (κ2) is 5.34. The van der Waals surface area contributed by atoms with Crippen molar-refractivity contribution in [2.45, 2.75) is 6.42 Å². The maximum absolute atomic E-state index is 13.5. The average molecular weight is 228 g/mol. The predicted molar refractivity (Wildman–Crippen MR) is 55.2 cm³/mol. The summed E-state index contributed by atoms with van der Waals surface area (Å²) < 4.78 is 27.9. The Bertz CT molecular complexity index is 390. The molecule has 0 aliphatic carbocycles. The van der Waals surface area contributed by atoms with Gasteiger partial charge in [-0.2, -0.15) is 0 Å². The molecule has 1 rings (SSSR count). The summed E-state index contributed by atoms with van der Waals surface area (Å²) in [6.45, 7) is 0. The summed E-state index contributed by atoms with van der Waals surface area (Å²) in [5.74, 6) is -0.370. The van der Waals surface area contributed by atoms with E-state index in [1.165, 1.54) is 33.5 Å². The van der Waals surface area contributed by atoms with Gasteiger partial charge in [-0.25, -0.2) is 4.39 Å². The van der Waals surface area contributed by atoms with E-state index in [0.717, 1.165) is 0 Å². The van der Waals surface area contributed by atoms with E-state index in [-0.39, 0.29) is 17.7 Å². The SMILES string of the molecule is COC(=O)Cc1cc(OC)c(OC)cc1F. The summed E-state index contributed by atoms with van der Waals surface area (Å²) in [6, 6.07) is 2.60. The lowest BCUT2D eigenvalue weighted by Crippen LogP contribution is -2.07. The zero-order valence-corrected chi connectivity index (χ0v) is 9.37. The number of esters is 1. The van der Waals surface area contributed by atoms with Crippen LogP contribution in [0.2, 0.25) is 0 Å². The molecule has 0 unspecified atom stereocenters. The maximum Gasteiger partial charge on any atom is 0.310 e. The number of hydrogen-bond donors (Lipinski definition) is 0. The van der Waals surface area contributed by atoms with E-state index in [2.05, 4.69) is 4.74 Å². The van der Waals surface area contributed by atoms with E-state index in [1.807, 2.05) is 0 Å². The second-order valence-corrected chi connectivity index (χ2v) is 3.05. The summed E-state index contributed by atoms with van der Waals surface area (Å²) >= 11 is 0. The number of halogens is 1. The Balaban J connectivity index is 3.06. The van der Waals surface area contributed by atoms with Crippen LogP contribution < -0.4 is 9.47 Å². The van der Waals surface area contributed by atoms with Crippen molar-refractivity contribution >= 4 is 5.97 Å². The number of hydrogen-bond acceptors (Lipinski definition) is 4. The molecule has 0 saturated carbocycles. The summed E-state index contributed by atoms with van der Waals surface area (Å²) in [5, 5.41) is 0.